The number of hydrogen-bond donors (Lipinski definition) is 1. The van der Waals surface area contributed by atoms with Gasteiger partial charge in [0.25, 0.3) is 0 Å². The average Bonchev–Trinajstić information content (AvgIpc) is 2.89. The van der Waals surface area contributed by atoms with Crippen molar-refractivity contribution in [1.29, 1.82) is 0 Å². The van der Waals surface area contributed by atoms with E-state index in [-0.39, 0.29) is 11.3 Å². The maximum atomic E-state index is 12.0. The second-order valence-corrected chi connectivity index (χ2v) is 7.17. The van der Waals surface area contributed by atoms with E-state index in [9.17, 15) is 4.79 Å². The Kier molecular flexibility index (Phi) is 2.97. The molecule has 0 bridgehead atoms. The van der Waals surface area contributed by atoms with Gasteiger partial charge in [-0.3, -0.25) is 4.79 Å². The first-order valence-corrected chi connectivity index (χ1v) is 7.84. The first-order valence-electron chi connectivity index (χ1n) is 6.96. The monoisotopic (exact) mass is 263 g/mol. The number of nitrogens with one attached hydrogen (secondary N) is 1. The van der Waals surface area contributed by atoms with Gasteiger partial charge in [-0.2, -0.15) is 0 Å². The fraction of sp³-hybridized carbons (Fsp3) is 0.667. The molecule has 3 rings (SSSR count). The van der Waals surface area contributed by atoms with Crippen LogP contribution in [0.2, 0.25) is 0 Å². The van der Waals surface area contributed by atoms with E-state index in [1.807, 2.05) is 11.3 Å². The van der Waals surface area contributed by atoms with Crippen LogP contribution in [-0.4, -0.2) is 11.9 Å². The molecule has 2 heterocycles. The normalized spacial score (nSPS) is 31.9. The molecule has 2 unspecified atom stereocenters. The van der Waals surface area contributed by atoms with Crippen molar-refractivity contribution in [2.75, 3.05) is 0 Å². The molecule has 1 saturated heterocycles. The Morgan fingerprint density at radius 2 is 2.28 bits per heavy atom. The Labute approximate surface area is 113 Å². The van der Waals surface area contributed by atoms with Crippen LogP contribution in [0.3, 0.4) is 0 Å². The summed E-state index contributed by atoms with van der Waals surface area (Å²) in [4.78, 5) is 13.4. The third kappa shape index (κ3) is 1.89. The van der Waals surface area contributed by atoms with Crippen LogP contribution in [0.25, 0.3) is 0 Å². The van der Waals surface area contributed by atoms with Crippen molar-refractivity contribution in [2.45, 2.75) is 51.0 Å². The lowest BCUT2D eigenvalue weighted by Crippen LogP contribution is -2.42. The maximum Gasteiger partial charge on any atom is 0.221 e. The van der Waals surface area contributed by atoms with E-state index in [4.69, 9.17) is 0 Å². The highest BCUT2D eigenvalue weighted by Crippen LogP contribution is 2.55. The first kappa shape index (κ1) is 12.2. The predicted octanol–water partition coefficient (Wildman–Crippen LogP) is 3.33. The third-order valence-corrected chi connectivity index (χ3v) is 5.47. The second-order valence-electron chi connectivity index (χ2n) is 6.22. The summed E-state index contributed by atoms with van der Waals surface area (Å²) in [6, 6.07) is 4.70. The predicted molar refractivity (Wildman–Crippen MR) is 74.7 cm³/mol. The van der Waals surface area contributed by atoms with Gasteiger partial charge in [-0.25, -0.2) is 0 Å². The van der Waals surface area contributed by atoms with Crippen LogP contribution in [0.5, 0.6) is 0 Å². The van der Waals surface area contributed by atoms with E-state index in [1.54, 1.807) is 0 Å². The lowest BCUT2D eigenvalue weighted by Gasteiger charge is -2.34. The molecule has 2 fully saturated rings. The van der Waals surface area contributed by atoms with Crippen LogP contribution in [-0.2, 0) is 10.2 Å². The van der Waals surface area contributed by atoms with Crippen molar-refractivity contribution in [3.8, 4) is 0 Å². The van der Waals surface area contributed by atoms with Gasteiger partial charge in [0.2, 0.25) is 5.91 Å². The van der Waals surface area contributed by atoms with Gasteiger partial charge in [0, 0.05) is 22.8 Å². The molecule has 98 valence electrons. The van der Waals surface area contributed by atoms with E-state index < -0.39 is 0 Å². The van der Waals surface area contributed by atoms with Crippen molar-refractivity contribution in [3.05, 3.63) is 22.4 Å². The average molecular weight is 263 g/mol. The van der Waals surface area contributed by atoms with E-state index >= 15 is 0 Å². The van der Waals surface area contributed by atoms with Crippen molar-refractivity contribution < 1.29 is 4.79 Å². The van der Waals surface area contributed by atoms with Crippen LogP contribution < -0.4 is 5.32 Å². The van der Waals surface area contributed by atoms with Crippen LogP contribution in [0, 0.1) is 11.8 Å². The van der Waals surface area contributed by atoms with Crippen LogP contribution >= 0.6 is 11.3 Å². The summed E-state index contributed by atoms with van der Waals surface area (Å²) in [7, 11) is 0. The molecule has 1 aliphatic carbocycles. The van der Waals surface area contributed by atoms with E-state index in [2.05, 4.69) is 36.7 Å². The van der Waals surface area contributed by atoms with Crippen LogP contribution in [0.4, 0.5) is 0 Å². The summed E-state index contributed by atoms with van der Waals surface area (Å²) in [6.07, 6.45) is 4.39. The van der Waals surface area contributed by atoms with Gasteiger partial charge < -0.3 is 5.32 Å². The zero-order chi connectivity index (χ0) is 12.8. The Hall–Kier alpha value is -0.830. The lowest BCUT2D eigenvalue weighted by atomic mass is 9.72. The summed E-state index contributed by atoms with van der Waals surface area (Å²) in [5, 5.41) is 5.40. The third-order valence-electron chi connectivity index (χ3n) is 4.40. The molecule has 2 aliphatic rings. The van der Waals surface area contributed by atoms with Gasteiger partial charge in [-0.1, -0.05) is 19.9 Å². The van der Waals surface area contributed by atoms with Gasteiger partial charge in [0.1, 0.15) is 0 Å². The number of rotatable bonds is 4. The Morgan fingerprint density at radius 1 is 1.50 bits per heavy atom. The minimum Gasteiger partial charge on any atom is -0.352 e. The summed E-state index contributed by atoms with van der Waals surface area (Å²) in [5.41, 5.74) is 0.107. The van der Waals surface area contributed by atoms with Crippen molar-refractivity contribution in [2.24, 2.45) is 11.8 Å². The molecule has 1 aliphatic heterocycles. The van der Waals surface area contributed by atoms with Crippen LogP contribution in [0.15, 0.2) is 17.5 Å². The largest absolute Gasteiger partial charge is 0.352 e. The number of hydrogen-bond acceptors (Lipinski definition) is 2. The molecule has 1 aromatic heterocycles. The molecule has 1 aromatic rings. The van der Waals surface area contributed by atoms with Gasteiger partial charge in [0.05, 0.1) is 0 Å². The highest BCUT2D eigenvalue weighted by molar-refractivity contribution is 7.10. The summed E-state index contributed by atoms with van der Waals surface area (Å²) < 4.78 is 0. The lowest BCUT2D eigenvalue weighted by molar-refractivity contribution is -0.119. The van der Waals surface area contributed by atoms with E-state index in [0.717, 1.165) is 12.3 Å². The first-order chi connectivity index (χ1) is 8.63. The Bertz CT molecular complexity index is 435. The topological polar surface area (TPSA) is 29.1 Å². The number of carbonyl (C=O) groups excluding carboxylic acids is 1. The minimum atomic E-state index is 0.107. The SMILES string of the molecule is CC(C)CC1NC(=O)CC1(c1cccs1)C1CC1. The van der Waals surface area contributed by atoms with E-state index in [1.165, 1.54) is 17.7 Å². The zero-order valence-electron chi connectivity index (χ0n) is 11.1. The minimum absolute atomic E-state index is 0.107. The van der Waals surface area contributed by atoms with E-state index in [0.29, 0.717) is 18.4 Å². The molecule has 18 heavy (non-hydrogen) atoms. The van der Waals surface area contributed by atoms with Crippen molar-refractivity contribution >= 4 is 17.2 Å². The second kappa shape index (κ2) is 4.37. The molecule has 2 atom stereocenters. The molecular formula is C15H21NOS. The van der Waals surface area contributed by atoms with Crippen molar-refractivity contribution in [1.82, 2.24) is 5.32 Å². The molecule has 3 heteroatoms. The standard InChI is InChI=1S/C15H21NOS/c1-10(2)8-12-15(11-5-6-11,9-14(17)16-12)13-4-3-7-18-13/h3-4,7,10-12H,5-6,8-9H2,1-2H3,(H,16,17). The van der Waals surface area contributed by atoms with Crippen LogP contribution in [0.1, 0.15) is 44.4 Å². The molecule has 0 radical (unpaired) electrons. The van der Waals surface area contributed by atoms with Gasteiger partial charge in [-0.15, -0.1) is 11.3 Å². The Balaban J connectivity index is 1.98. The smallest absolute Gasteiger partial charge is 0.221 e. The van der Waals surface area contributed by atoms with Gasteiger partial charge in [0.15, 0.2) is 0 Å². The fourth-order valence-corrected chi connectivity index (χ4v) is 4.60. The molecule has 1 amide bonds. The van der Waals surface area contributed by atoms with Crippen molar-refractivity contribution in [3.63, 3.8) is 0 Å². The highest BCUT2D eigenvalue weighted by Gasteiger charge is 2.56. The summed E-state index contributed by atoms with van der Waals surface area (Å²) >= 11 is 1.83. The Morgan fingerprint density at radius 3 is 2.83 bits per heavy atom. The maximum absolute atomic E-state index is 12.0. The molecule has 1 N–H and O–H groups in total. The quantitative estimate of drug-likeness (QED) is 0.887. The molecular weight excluding hydrogens is 242 g/mol. The number of thiophene rings is 1. The van der Waals surface area contributed by atoms with Gasteiger partial charge >= 0.3 is 0 Å². The molecule has 1 saturated carbocycles. The molecule has 2 nitrogen and oxygen atoms in total. The summed E-state index contributed by atoms with van der Waals surface area (Å²) in [5.74, 6) is 1.60. The number of amides is 1. The highest BCUT2D eigenvalue weighted by atomic mass is 32.1. The molecule has 0 aromatic carbocycles. The zero-order valence-corrected chi connectivity index (χ0v) is 11.9. The number of carbonyl (C=O) groups is 1. The molecule has 0 spiro atoms. The summed E-state index contributed by atoms with van der Waals surface area (Å²) in [6.45, 7) is 4.49. The van der Waals surface area contributed by atoms with Gasteiger partial charge in [-0.05, 0) is 42.5 Å². The fourth-order valence-electron chi connectivity index (χ4n) is 3.53.